The summed E-state index contributed by atoms with van der Waals surface area (Å²) in [6.45, 7) is 0. The monoisotopic (exact) mass is 470 g/mol. The summed E-state index contributed by atoms with van der Waals surface area (Å²) in [4.78, 5) is 22.4. The summed E-state index contributed by atoms with van der Waals surface area (Å²) < 4.78 is 6.67. The van der Waals surface area contributed by atoms with Gasteiger partial charge >= 0.3 is 0 Å². The number of anilines is 1. The lowest BCUT2D eigenvalue weighted by Gasteiger charge is -2.48. The quantitative estimate of drug-likeness (QED) is 0.355. The Morgan fingerprint density at radius 3 is 2.08 bits per heavy atom. The van der Waals surface area contributed by atoms with E-state index in [4.69, 9.17) is 9.73 Å². The lowest BCUT2D eigenvalue weighted by Crippen LogP contribution is -2.65. The number of hydrogen-bond acceptors (Lipinski definition) is 4. The number of carbonyl (C=O) groups is 1. The number of Topliss-reactive ketones (excluding diaryl/α,β-unsaturated/α-hetero) is 1. The molecule has 36 heavy (non-hydrogen) atoms. The lowest BCUT2D eigenvalue weighted by molar-refractivity contribution is -0.00547. The molecule has 0 radical (unpaired) electrons. The van der Waals surface area contributed by atoms with Crippen LogP contribution in [0.4, 0.5) is 11.4 Å². The van der Waals surface area contributed by atoms with Gasteiger partial charge in [0.1, 0.15) is 0 Å². The highest BCUT2D eigenvalue weighted by Gasteiger charge is 2.78. The number of methoxy groups -OCH3 is 1. The average molecular weight is 471 g/mol. The van der Waals surface area contributed by atoms with Gasteiger partial charge in [0.15, 0.2) is 16.9 Å². The Morgan fingerprint density at radius 1 is 0.778 bits per heavy atom. The molecule has 4 aromatic carbocycles. The summed E-state index contributed by atoms with van der Waals surface area (Å²) in [5.41, 5.74) is 4.52. The van der Waals surface area contributed by atoms with Crippen molar-refractivity contribution >= 4 is 22.9 Å². The second-order valence-electron chi connectivity index (χ2n) is 9.85. The van der Waals surface area contributed by atoms with Crippen molar-refractivity contribution in [3.8, 4) is 0 Å². The zero-order chi connectivity index (χ0) is 24.5. The Balaban J connectivity index is 1.64. The maximum atomic E-state index is 14.9. The van der Waals surface area contributed by atoms with E-state index in [9.17, 15) is 4.79 Å². The first-order valence-corrected chi connectivity index (χ1v) is 12.4. The van der Waals surface area contributed by atoms with Gasteiger partial charge in [-0.15, -0.1) is 0 Å². The van der Waals surface area contributed by atoms with Crippen molar-refractivity contribution in [1.29, 1.82) is 0 Å². The Kier molecular flexibility index (Phi) is 4.43. The predicted molar refractivity (Wildman–Crippen MR) is 142 cm³/mol. The Hall–Kier alpha value is -4.02. The molecule has 0 N–H and O–H groups in total. The molecule has 0 unspecified atom stereocenters. The molecule has 0 aromatic heterocycles. The van der Waals surface area contributed by atoms with Crippen LogP contribution < -0.4 is 4.90 Å². The number of likely N-dealkylation sites (N-methyl/N-ethyl adjacent to an activating group) is 1. The topological polar surface area (TPSA) is 41.9 Å². The first-order valence-electron chi connectivity index (χ1n) is 12.4. The second-order valence-corrected chi connectivity index (χ2v) is 9.85. The Labute approximate surface area is 210 Å². The molecule has 0 bridgehead atoms. The molecule has 4 heteroatoms. The second kappa shape index (κ2) is 7.49. The van der Waals surface area contributed by atoms with Crippen molar-refractivity contribution in [3.05, 3.63) is 131 Å². The molecule has 7 rings (SSSR count). The molecule has 176 valence electrons. The van der Waals surface area contributed by atoms with Gasteiger partial charge in [0.05, 0.1) is 11.4 Å². The van der Waals surface area contributed by atoms with Crippen LogP contribution in [0.25, 0.3) is 0 Å². The van der Waals surface area contributed by atoms with Gasteiger partial charge in [-0.05, 0) is 29.3 Å². The minimum atomic E-state index is -1.06. The van der Waals surface area contributed by atoms with Crippen molar-refractivity contribution in [2.24, 2.45) is 4.99 Å². The summed E-state index contributed by atoms with van der Waals surface area (Å²) in [7, 11) is 3.78. The molecule has 1 aliphatic carbocycles. The van der Waals surface area contributed by atoms with Crippen LogP contribution >= 0.6 is 0 Å². The zero-order valence-electron chi connectivity index (χ0n) is 20.3. The number of carbonyl (C=O) groups excluding carboxylic acids is 1. The lowest BCUT2D eigenvalue weighted by atomic mass is 9.67. The van der Waals surface area contributed by atoms with Crippen LogP contribution in [-0.2, 0) is 10.3 Å². The van der Waals surface area contributed by atoms with Gasteiger partial charge in [-0.3, -0.25) is 9.79 Å². The summed E-state index contributed by atoms with van der Waals surface area (Å²) >= 11 is 0. The summed E-state index contributed by atoms with van der Waals surface area (Å²) in [6, 6.07) is 36.9. The van der Waals surface area contributed by atoms with Gasteiger partial charge < -0.3 is 9.64 Å². The minimum absolute atomic E-state index is 0.0825. The maximum absolute atomic E-state index is 14.9. The van der Waals surface area contributed by atoms with E-state index in [1.807, 2.05) is 61.6 Å². The number of aliphatic imine (C=N–C) groups is 1. The molecule has 0 saturated heterocycles. The van der Waals surface area contributed by atoms with Crippen LogP contribution in [-0.4, -0.2) is 31.2 Å². The SMILES string of the molecule is CO[C@]12C(=Nc3ccccc31)[C@@H](c1ccccc1)[C@@H](c1ccccc1)[C@@]21C(=O)c2ccccc2N1C. The Morgan fingerprint density at radius 2 is 1.39 bits per heavy atom. The third kappa shape index (κ3) is 2.33. The molecule has 1 fully saturated rings. The van der Waals surface area contributed by atoms with E-state index < -0.39 is 11.1 Å². The molecule has 4 atom stereocenters. The molecular weight excluding hydrogens is 444 g/mol. The molecule has 0 amide bonds. The number of ketones is 1. The minimum Gasteiger partial charge on any atom is -0.364 e. The number of nitrogens with zero attached hydrogens (tertiary/aromatic N) is 2. The molecule has 4 nitrogen and oxygen atoms in total. The van der Waals surface area contributed by atoms with Gasteiger partial charge in [0, 0.05) is 42.8 Å². The molecule has 4 aromatic rings. The maximum Gasteiger partial charge on any atom is 0.194 e. The van der Waals surface area contributed by atoms with E-state index in [1.54, 1.807) is 7.11 Å². The molecule has 2 heterocycles. The van der Waals surface area contributed by atoms with Crippen molar-refractivity contribution in [1.82, 2.24) is 0 Å². The van der Waals surface area contributed by atoms with Crippen LogP contribution in [0.1, 0.15) is 38.9 Å². The summed E-state index contributed by atoms with van der Waals surface area (Å²) in [6.07, 6.45) is 0. The third-order valence-electron chi connectivity index (χ3n) is 8.51. The number of hydrogen-bond donors (Lipinski definition) is 0. The molecule has 2 aliphatic heterocycles. The van der Waals surface area contributed by atoms with Gasteiger partial charge in [-0.25, -0.2) is 0 Å². The fraction of sp³-hybridized carbons (Fsp3) is 0.188. The summed E-state index contributed by atoms with van der Waals surface area (Å²) in [5, 5.41) is 0. The van der Waals surface area contributed by atoms with E-state index >= 15 is 0 Å². The number of fused-ring (bicyclic) bond motifs is 5. The van der Waals surface area contributed by atoms with Crippen molar-refractivity contribution in [2.45, 2.75) is 23.0 Å². The molecule has 3 aliphatic rings. The fourth-order valence-corrected chi connectivity index (χ4v) is 7.25. The van der Waals surface area contributed by atoms with Crippen molar-refractivity contribution in [2.75, 3.05) is 19.1 Å². The summed E-state index contributed by atoms with van der Waals surface area (Å²) in [5.74, 6) is -0.293. The zero-order valence-corrected chi connectivity index (χ0v) is 20.3. The van der Waals surface area contributed by atoms with Crippen molar-refractivity contribution < 1.29 is 9.53 Å². The standard InChI is InChI=1S/C32H26N2O2/c1-34-26-20-12-9-17-23(26)30(35)31(34)28(22-15-7-4-8-16-22)27(21-13-5-3-6-14-21)29-32(31,36-2)24-18-10-11-19-25(24)33-29/h3-20,27-28H,1-2H3/t27-,28+,31+,32-/m0/s1. The smallest absolute Gasteiger partial charge is 0.194 e. The predicted octanol–water partition coefficient (Wildman–Crippen LogP) is 6.27. The average Bonchev–Trinajstić information content (AvgIpc) is 3.49. The van der Waals surface area contributed by atoms with Gasteiger partial charge in [-0.1, -0.05) is 91.0 Å². The van der Waals surface area contributed by atoms with Crippen LogP contribution in [0.5, 0.6) is 0 Å². The Bertz CT molecular complexity index is 1530. The number of benzene rings is 4. The van der Waals surface area contributed by atoms with Gasteiger partial charge in [0.2, 0.25) is 0 Å². The van der Waals surface area contributed by atoms with E-state index in [-0.39, 0.29) is 17.6 Å². The van der Waals surface area contributed by atoms with Crippen LogP contribution in [0.3, 0.4) is 0 Å². The normalized spacial score (nSPS) is 27.7. The molecule has 1 saturated carbocycles. The van der Waals surface area contributed by atoms with E-state index in [0.717, 1.165) is 39.3 Å². The number of ether oxygens (including phenoxy) is 1. The fourth-order valence-electron chi connectivity index (χ4n) is 7.25. The number of rotatable bonds is 3. The van der Waals surface area contributed by atoms with E-state index in [1.165, 1.54) is 0 Å². The van der Waals surface area contributed by atoms with E-state index in [2.05, 4.69) is 59.5 Å². The molecule has 1 spiro atoms. The van der Waals surface area contributed by atoms with Gasteiger partial charge in [0.25, 0.3) is 0 Å². The number of para-hydroxylation sites is 2. The highest BCUT2D eigenvalue weighted by molar-refractivity contribution is 6.24. The van der Waals surface area contributed by atoms with Crippen LogP contribution in [0, 0.1) is 0 Å². The van der Waals surface area contributed by atoms with Crippen LogP contribution in [0.2, 0.25) is 0 Å². The highest BCUT2D eigenvalue weighted by atomic mass is 16.5. The highest BCUT2D eigenvalue weighted by Crippen LogP contribution is 2.69. The first kappa shape index (κ1) is 21.3. The third-order valence-corrected chi connectivity index (χ3v) is 8.51. The molecular formula is C32H26N2O2. The van der Waals surface area contributed by atoms with E-state index in [0.29, 0.717) is 0 Å². The van der Waals surface area contributed by atoms with Crippen molar-refractivity contribution in [3.63, 3.8) is 0 Å². The van der Waals surface area contributed by atoms with Gasteiger partial charge in [-0.2, -0.15) is 0 Å². The first-order chi connectivity index (χ1) is 17.7. The van der Waals surface area contributed by atoms with Crippen LogP contribution in [0.15, 0.2) is 114 Å². The largest absolute Gasteiger partial charge is 0.364 e.